The molecule has 0 aromatic heterocycles. The Bertz CT molecular complexity index is 783. The second-order valence-electron chi connectivity index (χ2n) is 6.58. The molecular weight excluding hydrogens is 334 g/mol. The maximum absolute atomic E-state index is 12.5. The number of urea groups is 1. The number of hydrogen-bond acceptors (Lipinski definition) is 2. The van der Waals surface area contributed by atoms with E-state index < -0.39 is 0 Å². The van der Waals surface area contributed by atoms with Crippen LogP contribution in [0.5, 0.6) is 0 Å². The van der Waals surface area contributed by atoms with Crippen molar-refractivity contribution < 1.29 is 4.79 Å². The second kappa shape index (κ2) is 7.36. The SMILES string of the molecule is Cc1ccc(Cl)cc1NC(=O)N1CCN(c2cccc(C)c2C)CC1. The highest BCUT2D eigenvalue weighted by Gasteiger charge is 2.22. The van der Waals surface area contributed by atoms with Gasteiger partial charge in [-0.2, -0.15) is 0 Å². The predicted octanol–water partition coefficient (Wildman–Crippen LogP) is 4.62. The highest BCUT2D eigenvalue weighted by atomic mass is 35.5. The molecule has 2 amide bonds. The highest BCUT2D eigenvalue weighted by molar-refractivity contribution is 6.31. The topological polar surface area (TPSA) is 35.6 Å². The Kier molecular flexibility index (Phi) is 5.19. The van der Waals surface area contributed by atoms with Gasteiger partial charge >= 0.3 is 6.03 Å². The Morgan fingerprint density at radius 1 is 1.00 bits per heavy atom. The summed E-state index contributed by atoms with van der Waals surface area (Å²) < 4.78 is 0. The minimum atomic E-state index is -0.0639. The first-order valence-electron chi connectivity index (χ1n) is 8.59. The normalized spacial score (nSPS) is 14.6. The van der Waals surface area contributed by atoms with Gasteiger partial charge in [0.25, 0.3) is 0 Å². The van der Waals surface area contributed by atoms with Crippen LogP contribution in [0.25, 0.3) is 0 Å². The van der Waals surface area contributed by atoms with Crippen molar-refractivity contribution in [3.05, 3.63) is 58.1 Å². The minimum absolute atomic E-state index is 0.0639. The molecule has 1 fully saturated rings. The van der Waals surface area contributed by atoms with Gasteiger partial charge in [-0.15, -0.1) is 0 Å². The van der Waals surface area contributed by atoms with Crippen LogP contribution in [-0.4, -0.2) is 37.1 Å². The van der Waals surface area contributed by atoms with E-state index >= 15 is 0 Å². The molecule has 1 aliphatic rings. The molecule has 0 atom stereocenters. The van der Waals surface area contributed by atoms with Crippen LogP contribution >= 0.6 is 11.6 Å². The summed E-state index contributed by atoms with van der Waals surface area (Å²) in [7, 11) is 0. The highest BCUT2D eigenvalue weighted by Crippen LogP contribution is 2.24. The van der Waals surface area contributed by atoms with Gasteiger partial charge < -0.3 is 15.1 Å². The van der Waals surface area contributed by atoms with E-state index in [2.05, 4.69) is 42.3 Å². The van der Waals surface area contributed by atoms with E-state index in [4.69, 9.17) is 11.6 Å². The fourth-order valence-corrected chi connectivity index (χ4v) is 3.32. The number of hydrogen-bond donors (Lipinski definition) is 1. The summed E-state index contributed by atoms with van der Waals surface area (Å²) in [5.41, 5.74) is 5.66. The zero-order valence-corrected chi connectivity index (χ0v) is 15.7. The van der Waals surface area contributed by atoms with Gasteiger partial charge in [-0.1, -0.05) is 29.8 Å². The Balaban J connectivity index is 1.63. The fraction of sp³-hybridized carbons (Fsp3) is 0.350. The first-order valence-corrected chi connectivity index (χ1v) is 8.97. The first-order chi connectivity index (χ1) is 12.0. The molecule has 5 heteroatoms. The third kappa shape index (κ3) is 3.90. The van der Waals surface area contributed by atoms with Crippen LogP contribution in [0.1, 0.15) is 16.7 Å². The van der Waals surface area contributed by atoms with Crippen LogP contribution in [0.4, 0.5) is 16.2 Å². The molecular formula is C20H24ClN3O. The third-order valence-corrected chi connectivity index (χ3v) is 5.16. The van der Waals surface area contributed by atoms with Gasteiger partial charge in [0.15, 0.2) is 0 Å². The van der Waals surface area contributed by atoms with Crippen LogP contribution in [0, 0.1) is 20.8 Å². The Labute approximate surface area is 154 Å². The molecule has 1 aliphatic heterocycles. The van der Waals surface area contributed by atoms with Crippen molar-refractivity contribution in [2.75, 3.05) is 36.4 Å². The van der Waals surface area contributed by atoms with E-state index in [1.165, 1.54) is 16.8 Å². The standard InChI is InChI=1S/C20H24ClN3O/c1-14-5-4-6-19(16(14)3)23-9-11-24(12-10-23)20(25)22-18-13-17(21)8-7-15(18)2/h4-8,13H,9-12H2,1-3H3,(H,22,25). The molecule has 0 bridgehead atoms. The van der Waals surface area contributed by atoms with Crippen molar-refractivity contribution in [1.29, 1.82) is 0 Å². The average Bonchev–Trinajstić information content (AvgIpc) is 2.61. The van der Waals surface area contributed by atoms with Gasteiger partial charge in [-0.3, -0.25) is 0 Å². The lowest BCUT2D eigenvalue weighted by molar-refractivity contribution is 0.208. The molecule has 1 saturated heterocycles. The number of aryl methyl sites for hydroxylation is 2. The molecule has 132 valence electrons. The van der Waals surface area contributed by atoms with Crippen molar-refractivity contribution >= 4 is 29.0 Å². The van der Waals surface area contributed by atoms with E-state index in [9.17, 15) is 4.79 Å². The number of halogens is 1. The quantitative estimate of drug-likeness (QED) is 0.851. The monoisotopic (exact) mass is 357 g/mol. The van der Waals surface area contributed by atoms with E-state index in [-0.39, 0.29) is 6.03 Å². The van der Waals surface area contributed by atoms with Crippen LogP contribution < -0.4 is 10.2 Å². The lowest BCUT2D eigenvalue weighted by Gasteiger charge is -2.37. The van der Waals surface area contributed by atoms with E-state index in [1.807, 2.05) is 24.0 Å². The van der Waals surface area contributed by atoms with Crippen molar-refractivity contribution in [3.8, 4) is 0 Å². The molecule has 0 saturated carbocycles. The van der Waals surface area contributed by atoms with Gasteiger partial charge in [0.2, 0.25) is 0 Å². The van der Waals surface area contributed by atoms with Gasteiger partial charge in [-0.05, 0) is 55.7 Å². The number of carbonyl (C=O) groups is 1. The maximum Gasteiger partial charge on any atom is 0.321 e. The second-order valence-corrected chi connectivity index (χ2v) is 7.02. The van der Waals surface area contributed by atoms with Gasteiger partial charge in [-0.25, -0.2) is 4.79 Å². The number of nitrogens with one attached hydrogen (secondary N) is 1. The molecule has 2 aromatic carbocycles. The van der Waals surface area contributed by atoms with Crippen molar-refractivity contribution in [2.45, 2.75) is 20.8 Å². The fourth-order valence-electron chi connectivity index (χ4n) is 3.15. The molecule has 25 heavy (non-hydrogen) atoms. The number of piperazine rings is 1. The van der Waals surface area contributed by atoms with Gasteiger partial charge in [0, 0.05) is 42.6 Å². The minimum Gasteiger partial charge on any atom is -0.368 e. The first kappa shape index (κ1) is 17.6. The van der Waals surface area contributed by atoms with E-state index in [1.54, 1.807) is 6.07 Å². The Morgan fingerprint density at radius 2 is 1.72 bits per heavy atom. The number of nitrogens with zero attached hydrogens (tertiary/aromatic N) is 2. The van der Waals surface area contributed by atoms with Crippen LogP contribution in [-0.2, 0) is 0 Å². The summed E-state index contributed by atoms with van der Waals surface area (Å²) in [6, 6.07) is 11.9. The molecule has 0 radical (unpaired) electrons. The van der Waals surface area contributed by atoms with Crippen LogP contribution in [0.3, 0.4) is 0 Å². The van der Waals surface area contributed by atoms with E-state index in [0.29, 0.717) is 18.1 Å². The molecule has 1 N–H and O–H groups in total. The molecule has 3 rings (SSSR count). The van der Waals surface area contributed by atoms with Gasteiger partial charge in [0.05, 0.1) is 0 Å². The summed E-state index contributed by atoms with van der Waals surface area (Å²) in [6.07, 6.45) is 0. The number of carbonyl (C=O) groups excluding carboxylic acids is 1. The summed E-state index contributed by atoms with van der Waals surface area (Å²) in [5, 5.41) is 3.61. The van der Waals surface area contributed by atoms with Crippen LogP contribution in [0.2, 0.25) is 5.02 Å². The lowest BCUT2D eigenvalue weighted by Crippen LogP contribution is -2.50. The number of rotatable bonds is 2. The third-order valence-electron chi connectivity index (χ3n) is 4.92. The summed E-state index contributed by atoms with van der Waals surface area (Å²) in [6.45, 7) is 9.35. The zero-order chi connectivity index (χ0) is 18.0. The lowest BCUT2D eigenvalue weighted by atomic mass is 10.1. The molecule has 2 aromatic rings. The largest absolute Gasteiger partial charge is 0.368 e. The number of benzene rings is 2. The Hall–Kier alpha value is -2.20. The van der Waals surface area contributed by atoms with E-state index in [0.717, 1.165) is 24.3 Å². The number of anilines is 2. The molecule has 1 heterocycles. The van der Waals surface area contributed by atoms with Crippen molar-refractivity contribution in [2.24, 2.45) is 0 Å². The van der Waals surface area contributed by atoms with Crippen molar-refractivity contribution in [3.63, 3.8) is 0 Å². The Morgan fingerprint density at radius 3 is 2.44 bits per heavy atom. The zero-order valence-electron chi connectivity index (χ0n) is 15.0. The summed E-state index contributed by atoms with van der Waals surface area (Å²) >= 11 is 6.03. The predicted molar refractivity (Wildman–Crippen MR) is 105 cm³/mol. The molecule has 0 spiro atoms. The van der Waals surface area contributed by atoms with Crippen LogP contribution in [0.15, 0.2) is 36.4 Å². The summed E-state index contributed by atoms with van der Waals surface area (Å²) in [5.74, 6) is 0. The maximum atomic E-state index is 12.5. The average molecular weight is 358 g/mol. The summed E-state index contributed by atoms with van der Waals surface area (Å²) in [4.78, 5) is 16.8. The van der Waals surface area contributed by atoms with Gasteiger partial charge in [0.1, 0.15) is 0 Å². The molecule has 4 nitrogen and oxygen atoms in total. The van der Waals surface area contributed by atoms with Crippen molar-refractivity contribution in [1.82, 2.24) is 4.90 Å². The molecule has 0 unspecified atom stereocenters. The smallest absolute Gasteiger partial charge is 0.321 e. The number of amides is 2. The molecule has 0 aliphatic carbocycles.